The minimum Gasteiger partial charge on any atom is -0.311 e. The zero-order valence-corrected chi connectivity index (χ0v) is 41.6. The van der Waals surface area contributed by atoms with Gasteiger partial charge in [0.15, 0.2) is 0 Å². The van der Waals surface area contributed by atoms with Gasteiger partial charge in [-0.15, -0.1) is 11.3 Å². The lowest BCUT2D eigenvalue weighted by molar-refractivity contribution is 0.332. The molecule has 0 atom stereocenters. The monoisotopic (exact) mass is 838 g/mol. The predicted octanol–water partition coefficient (Wildman–Crippen LogP) is 13.8. The summed E-state index contributed by atoms with van der Waals surface area (Å²) in [5.41, 5.74) is 20.0. The smallest absolute Gasteiger partial charge is 0.264 e. The van der Waals surface area contributed by atoms with Gasteiger partial charge in [-0.3, -0.25) is 0 Å². The van der Waals surface area contributed by atoms with E-state index in [-0.39, 0.29) is 33.8 Å². The standard InChI is InChI=1S/C56H67BN2SSi/c1-34-28-46-49-47(29-34)59(37-19-22-40-41(31-37)54(7,8)25-24-53(40,5)6)50-39-32-42-43(56(11,12)27-26-55(42,9)10)33-48(39)60-51(50)57(49)44-30-35(52(2,3)4)16-23-45(44)58(46)36-17-20-38(21-18-36)61(13,14)15/h16-23,28-33H,24-27H2,1-15H3. The SMILES string of the molecule is Cc1cc2c3c(c1)N(c1ccc4c(c1)C(C)(C)CCC4(C)C)c1c(sc4cc5c(cc14)C(C)(C)CCC5(C)C)B3c1cc(C(C)(C)C)ccc1N2c1ccc([Si](C)(C)C)cc1. The number of anilines is 6. The molecule has 5 heteroatoms. The lowest BCUT2D eigenvalue weighted by atomic mass is 9.36. The number of benzene rings is 5. The van der Waals surface area contributed by atoms with Crippen molar-refractivity contribution in [2.45, 2.75) is 155 Å². The molecule has 0 fully saturated rings. The van der Waals surface area contributed by atoms with E-state index in [9.17, 15) is 0 Å². The number of aryl methyl sites for hydroxylation is 1. The van der Waals surface area contributed by atoms with Crippen molar-refractivity contribution in [2.75, 3.05) is 9.80 Å². The molecule has 61 heavy (non-hydrogen) atoms. The van der Waals surface area contributed by atoms with Gasteiger partial charge in [-0.25, -0.2) is 0 Å². The summed E-state index contributed by atoms with van der Waals surface area (Å²) in [6, 6.07) is 34.9. The van der Waals surface area contributed by atoms with Gasteiger partial charge < -0.3 is 9.80 Å². The Morgan fingerprint density at radius 3 is 1.70 bits per heavy atom. The first-order valence-electron chi connectivity index (χ1n) is 23.1. The van der Waals surface area contributed by atoms with Crippen LogP contribution in [0.5, 0.6) is 0 Å². The first-order chi connectivity index (χ1) is 28.4. The third-order valence-corrected chi connectivity index (χ3v) is 19.0. The van der Waals surface area contributed by atoms with Crippen LogP contribution in [0.3, 0.4) is 0 Å². The van der Waals surface area contributed by atoms with Gasteiger partial charge >= 0.3 is 0 Å². The lowest BCUT2D eigenvalue weighted by Crippen LogP contribution is -2.60. The summed E-state index contributed by atoms with van der Waals surface area (Å²) in [6.45, 7) is 36.7. The van der Waals surface area contributed by atoms with Crippen molar-refractivity contribution in [1.82, 2.24) is 0 Å². The highest BCUT2D eigenvalue weighted by Gasteiger charge is 2.47. The van der Waals surface area contributed by atoms with Crippen LogP contribution in [-0.4, -0.2) is 14.8 Å². The maximum atomic E-state index is 2.73. The van der Waals surface area contributed by atoms with E-state index in [2.05, 4.69) is 209 Å². The summed E-state index contributed by atoms with van der Waals surface area (Å²) in [7, 11) is -1.49. The van der Waals surface area contributed by atoms with Crippen LogP contribution < -0.4 is 30.7 Å². The van der Waals surface area contributed by atoms with Crippen LogP contribution in [0, 0.1) is 6.92 Å². The first-order valence-corrected chi connectivity index (χ1v) is 27.5. The van der Waals surface area contributed by atoms with Gasteiger partial charge in [-0.2, -0.15) is 0 Å². The number of fused-ring (bicyclic) bond motifs is 8. The van der Waals surface area contributed by atoms with Crippen molar-refractivity contribution in [3.63, 3.8) is 0 Å². The third-order valence-electron chi connectivity index (χ3n) is 15.7. The molecular formula is C56H67BN2SSi. The van der Waals surface area contributed by atoms with Crippen molar-refractivity contribution < 1.29 is 0 Å². The highest BCUT2D eigenvalue weighted by molar-refractivity contribution is 7.33. The van der Waals surface area contributed by atoms with E-state index >= 15 is 0 Å². The average Bonchev–Trinajstić information content (AvgIpc) is 3.55. The maximum Gasteiger partial charge on any atom is 0.264 e. The number of rotatable bonds is 3. The first kappa shape index (κ1) is 41.0. The van der Waals surface area contributed by atoms with Gasteiger partial charge in [0.25, 0.3) is 6.71 Å². The number of thiophene rings is 1. The zero-order valence-electron chi connectivity index (χ0n) is 39.8. The largest absolute Gasteiger partial charge is 0.311 e. The second-order valence-electron chi connectivity index (χ2n) is 24.1. The Bertz CT molecular complexity index is 2810. The lowest BCUT2D eigenvalue weighted by Gasteiger charge is -2.45. The van der Waals surface area contributed by atoms with Crippen molar-refractivity contribution in [3.05, 3.63) is 118 Å². The molecule has 0 saturated heterocycles. The molecule has 3 heterocycles. The van der Waals surface area contributed by atoms with E-state index in [1.807, 2.05) is 0 Å². The molecule has 4 aliphatic rings. The van der Waals surface area contributed by atoms with Crippen LogP contribution >= 0.6 is 11.3 Å². The molecule has 314 valence electrons. The highest BCUT2D eigenvalue weighted by atomic mass is 32.1. The van der Waals surface area contributed by atoms with Crippen LogP contribution in [0.2, 0.25) is 19.6 Å². The van der Waals surface area contributed by atoms with Crippen LogP contribution in [0.15, 0.2) is 84.9 Å². The minimum atomic E-state index is -1.49. The molecule has 1 aromatic heterocycles. The molecule has 0 amide bonds. The number of hydrogen-bond acceptors (Lipinski definition) is 3. The van der Waals surface area contributed by atoms with E-state index in [1.54, 1.807) is 5.56 Å². The molecule has 6 aromatic rings. The molecule has 2 aliphatic heterocycles. The van der Waals surface area contributed by atoms with Crippen LogP contribution in [0.25, 0.3) is 10.1 Å². The fourth-order valence-electron chi connectivity index (χ4n) is 11.5. The molecule has 0 radical (unpaired) electrons. The predicted molar refractivity (Wildman–Crippen MR) is 273 cm³/mol. The molecule has 2 aliphatic carbocycles. The van der Waals surface area contributed by atoms with E-state index in [0.717, 1.165) is 0 Å². The van der Waals surface area contributed by atoms with Crippen molar-refractivity contribution >= 4 is 91.2 Å². The van der Waals surface area contributed by atoms with Gasteiger partial charge in [0.1, 0.15) is 0 Å². The summed E-state index contributed by atoms with van der Waals surface area (Å²) in [5.74, 6) is 0. The molecule has 10 rings (SSSR count). The fraction of sp³-hybridized carbons (Fsp3) is 0.429. The Labute approximate surface area is 372 Å². The molecule has 0 bridgehead atoms. The van der Waals surface area contributed by atoms with Gasteiger partial charge in [0.2, 0.25) is 0 Å². The summed E-state index contributed by atoms with van der Waals surface area (Å²) in [5, 5.41) is 2.91. The van der Waals surface area contributed by atoms with E-state index < -0.39 is 8.07 Å². The molecule has 0 N–H and O–H groups in total. The Hall–Kier alpha value is -4.06. The second kappa shape index (κ2) is 13.0. The van der Waals surface area contributed by atoms with Gasteiger partial charge in [0.05, 0.1) is 13.8 Å². The maximum absolute atomic E-state index is 2.73. The summed E-state index contributed by atoms with van der Waals surface area (Å²) in [6.07, 6.45) is 4.83. The molecule has 0 saturated carbocycles. The quantitative estimate of drug-likeness (QED) is 0.164. The van der Waals surface area contributed by atoms with E-state index in [1.165, 1.54) is 119 Å². The van der Waals surface area contributed by atoms with E-state index in [4.69, 9.17) is 0 Å². The zero-order chi connectivity index (χ0) is 43.6. The Morgan fingerprint density at radius 2 is 1.11 bits per heavy atom. The highest BCUT2D eigenvalue weighted by Crippen LogP contribution is 2.54. The second-order valence-corrected chi connectivity index (χ2v) is 30.3. The summed E-state index contributed by atoms with van der Waals surface area (Å²) in [4.78, 5) is 5.34. The van der Waals surface area contributed by atoms with Crippen molar-refractivity contribution in [1.29, 1.82) is 0 Å². The van der Waals surface area contributed by atoms with Gasteiger partial charge in [-0.1, -0.05) is 131 Å². The van der Waals surface area contributed by atoms with Crippen molar-refractivity contribution in [3.8, 4) is 0 Å². The normalized spacial score (nSPS) is 19.2. The minimum absolute atomic E-state index is 0.0128. The van der Waals surface area contributed by atoms with Crippen LogP contribution in [-0.2, 0) is 27.1 Å². The Morgan fingerprint density at radius 1 is 0.574 bits per heavy atom. The van der Waals surface area contributed by atoms with E-state index in [0.29, 0.717) is 0 Å². The Kier molecular flexibility index (Phi) is 8.74. The van der Waals surface area contributed by atoms with Crippen molar-refractivity contribution in [2.24, 2.45) is 0 Å². The molecule has 2 nitrogen and oxygen atoms in total. The number of hydrogen-bond donors (Lipinski definition) is 0. The third kappa shape index (κ3) is 6.21. The Balaban J connectivity index is 1.33. The molecule has 5 aromatic carbocycles. The van der Waals surface area contributed by atoms with Gasteiger partial charge in [0, 0.05) is 43.3 Å². The van der Waals surface area contributed by atoms with Gasteiger partial charge in [-0.05, 0) is 159 Å². The van der Waals surface area contributed by atoms with Crippen LogP contribution in [0.1, 0.15) is 135 Å². The van der Waals surface area contributed by atoms with Crippen LogP contribution in [0.4, 0.5) is 34.1 Å². The molecular weight excluding hydrogens is 772 g/mol. The fourth-order valence-corrected chi connectivity index (χ4v) is 14.0. The summed E-state index contributed by atoms with van der Waals surface area (Å²) < 4.78 is 2.90. The molecule has 0 unspecified atom stereocenters. The average molecular weight is 839 g/mol. The topological polar surface area (TPSA) is 6.48 Å². The number of nitrogens with zero attached hydrogens (tertiary/aromatic N) is 2. The summed E-state index contributed by atoms with van der Waals surface area (Å²) >= 11 is 2.07. The molecule has 0 spiro atoms.